The average Bonchev–Trinajstić information content (AvgIpc) is 2.89. The fourth-order valence-electron chi connectivity index (χ4n) is 4.14. The van der Waals surface area contributed by atoms with E-state index in [0.717, 1.165) is 12.8 Å². The molecule has 5 atom stereocenters. The summed E-state index contributed by atoms with van der Waals surface area (Å²) in [6.45, 7) is 7.90. The molecular formula is C14H18O4. The largest absolute Gasteiger partial charge is 0.465 e. The zero-order chi connectivity index (χ0) is 13.1. The van der Waals surface area contributed by atoms with Gasteiger partial charge in [0.1, 0.15) is 11.5 Å². The van der Waals surface area contributed by atoms with Gasteiger partial charge in [0.25, 0.3) is 0 Å². The molecule has 0 radical (unpaired) electrons. The Morgan fingerprint density at radius 1 is 1.44 bits per heavy atom. The van der Waals surface area contributed by atoms with Crippen molar-refractivity contribution in [3.63, 3.8) is 0 Å². The summed E-state index contributed by atoms with van der Waals surface area (Å²) < 4.78 is 10.8. The number of rotatable bonds is 2. The lowest BCUT2D eigenvalue weighted by atomic mass is 9.74. The van der Waals surface area contributed by atoms with Crippen LogP contribution in [0.5, 0.6) is 0 Å². The minimum absolute atomic E-state index is 0.191. The summed E-state index contributed by atoms with van der Waals surface area (Å²) in [5.74, 6) is 0.339. The van der Waals surface area contributed by atoms with Gasteiger partial charge >= 0.3 is 11.9 Å². The number of ether oxygens (including phenoxy) is 2. The van der Waals surface area contributed by atoms with Gasteiger partial charge in [-0.05, 0) is 31.6 Å². The smallest absolute Gasteiger partial charge is 0.333 e. The molecule has 98 valence electrons. The Kier molecular flexibility index (Phi) is 2.34. The van der Waals surface area contributed by atoms with Crippen molar-refractivity contribution in [3.8, 4) is 0 Å². The number of cyclic esters (lactones) is 1. The van der Waals surface area contributed by atoms with Crippen LogP contribution in [0.3, 0.4) is 0 Å². The van der Waals surface area contributed by atoms with Crippen LogP contribution in [0.25, 0.3) is 0 Å². The summed E-state index contributed by atoms with van der Waals surface area (Å²) in [4.78, 5) is 23.7. The topological polar surface area (TPSA) is 52.6 Å². The molecule has 0 N–H and O–H groups in total. The van der Waals surface area contributed by atoms with Crippen LogP contribution in [-0.2, 0) is 19.1 Å². The van der Waals surface area contributed by atoms with Crippen LogP contribution >= 0.6 is 0 Å². The SMILES string of the molecule is C=C(C)C(=O)OC12CC(C)C(C1)C1COC(=O)C12. The van der Waals surface area contributed by atoms with Crippen LogP contribution < -0.4 is 0 Å². The van der Waals surface area contributed by atoms with Gasteiger partial charge in [-0.1, -0.05) is 13.5 Å². The van der Waals surface area contributed by atoms with Gasteiger partial charge in [-0.3, -0.25) is 4.79 Å². The van der Waals surface area contributed by atoms with Gasteiger partial charge in [-0.15, -0.1) is 0 Å². The zero-order valence-electron chi connectivity index (χ0n) is 10.8. The molecule has 0 aromatic rings. The fourth-order valence-corrected chi connectivity index (χ4v) is 4.14. The Labute approximate surface area is 106 Å². The summed E-state index contributed by atoms with van der Waals surface area (Å²) in [5, 5.41) is 0. The molecule has 2 bridgehead atoms. The van der Waals surface area contributed by atoms with Crippen molar-refractivity contribution in [3.05, 3.63) is 12.2 Å². The molecule has 18 heavy (non-hydrogen) atoms. The Bertz CT molecular complexity index is 441. The molecule has 0 aromatic carbocycles. The first kappa shape index (κ1) is 11.8. The Morgan fingerprint density at radius 2 is 2.17 bits per heavy atom. The number of fused-ring (bicyclic) bond motifs is 5. The summed E-state index contributed by atoms with van der Waals surface area (Å²) >= 11 is 0. The fraction of sp³-hybridized carbons (Fsp3) is 0.714. The molecule has 5 unspecified atom stereocenters. The second kappa shape index (κ2) is 3.59. The predicted octanol–water partition coefficient (Wildman–Crippen LogP) is 1.69. The second-order valence-electron chi connectivity index (χ2n) is 6.06. The summed E-state index contributed by atoms with van der Waals surface area (Å²) in [6, 6.07) is 0. The molecular weight excluding hydrogens is 232 g/mol. The summed E-state index contributed by atoms with van der Waals surface area (Å²) in [5.41, 5.74) is -0.242. The highest BCUT2D eigenvalue weighted by Gasteiger charge is 2.68. The third-order valence-electron chi connectivity index (χ3n) is 4.84. The van der Waals surface area contributed by atoms with Crippen molar-refractivity contribution in [1.82, 2.24) is 0 Å². The van der Waals surface area contributed by atoms with Gasteiger partial charge < -0.3 is 9.47 Å². The highest BCUT2D eigenvalue weighted by Crippen LogP contribution is 2.61. The third-order valence-corrected chi connectivity index (χ3v) is 4.84. The van der Waals surface area contributed by atoms with Gasteiger partial charge in [0.05, 0.1) is 6.61 Å². The molecule has 1 heterocycles. The van der Waals surface area contributed by atoms with Crippen molar-refractivity contribution in [2.45, 2.75) is 32.3 Å². The molecule has 0 spiro atoms. The van der Waals surface area contributed by atoms with Crippen LogP contribution in [0.2, 0.25) is 0 Å². The molecule has 1 saturated heterocycles. The molecule has 1 aliphatic heterocycles. The first-order valence-corrected chi connectivity index (χ1v) is 6.50. The monoisotopic (exact) mass is 250 g/mol. The van der Waals surface area contributed by atoms with Crippen LogP contribution in [-0.4, -0.2) is 24.1 Å². The molecule has 2 saturated carbocycles. The molecule has 4 heteroatoms. The molecule has 4 nitrogen and oxygen atoms in total. The maximum absolute atomic E-state index is 11.9. The van der Waals surface area contributed by atoms with Crippen molar-refractivity contribution in [2.75, 3.05) is 6.61 Å². The standard InChI is InChI=1S/C14H18O4/c1-7(2)12(15)18-14-4-8(3)9(5-14)10-6-17-13(16)11(10)14/h8-11H,1,4-6H2,2-3H3. The van der Waals surface area contributed by atoms with Crippen LogP contribution in [0.1, 0.15) is 26.7 Å². The summed E-state index contributed by atoms with van der Waals surface area (Å²) in [7, 11) is 0. The maximum Gasteiger partial charge on any atom is 0.333 e. The highest BCUT2D eigenvalue weighted by atomic mass is 16.6. The normalized spacial score (nSPS) is 44.7. The predicted molar refractivity (Wildman–Crippen MR) is 63.5 cm³/mol. The van der Waals surface area contributed by atoms with Gasteiger partial charge in [-0.2, -0.15) is 0 Å². The first-order chi connectivity index (χ1) is 8.44. The molecule has 3 aliphatic rings. The lowest BCUT2D eigenvalue weighted by Gasteiger charge is -2.34. The van der Waals surface area contributed by atoms with Gasteiger partial charge in [0, 0.05) is 11.5 Å². The quantitative estimate of drug-likeness (QED) is 0.553. The lowest BCUT2D eigenvalue weighted by Crippen LogP contribution is -2.44. The lowest BCUT2D eigenvalue weighted by molar-refractivity contribution is -0.166. The number of hydrogen-bond acceptors (Lipinski definition) is 4. The minimum Gasteiger partial charge on any atom is -0.465 e. The Balaban J connectivity index is 1.91. The Hall–Kier alpha value is -1.32. The number of hydrogen-bond donors (Lipinski definition) is 0. The first-order valence-electron chi connectivity index (χ1n) is 6.50. The van der Waals surface area contributed by atoms with Gasteiger partial charge in [-0.25, -0.2) is 4.79 Å². The van der Waals surface area contributed by atoms with E-state index in [1.807, 2.05) is 0 Å². The van der Waals surface area contributed by atoms with Crippen LogP contribution in [0.4, 0.5) is 0 Å². The van der Waals surface area contributed by atoms with E-state index in [1.165, 1.54) is 0 Å². The molecule has 0 amide bonds. The van der Waals surface area contributed by atoms with Crippen LogP contribution in [0, 0.1) is 23.7 Å². The van der Waals surface area contributed by atoms with E-state index in [0.29, 0.717) is 24.0 Å². The van der Waals surface area contributed by atoms with Gasteiger partial charge in [0.2, 0.25) is 0 Å². The van der Waals surface area contributed by atoms with Crippen LogP contribution in [0.15, 0.2) is 12.2 Å². The number of esters is 2. The van der Waals surface area contributed by atoms with Crippen molar-refractivity contribution in [1.29, 1.82) is 0 Å². The van der Waals surface area contributed by atoms with E-state index in [4.69, 9.17) is 9.47 Å². The van der Waals surface area contributed by atoms with E-state index in [1.54, 1.807) is 6.92 Å². The minimum atomic E-state index is -0.627. The third kappa shape index (κ3) is 1.38. The highest BCUT2D eigenvalue weighted by molar-refractivity contribution is 5.88. The van der Waals surface area contributed by atoms with Crippen molar-refractivity contribution in [2.24, 2.45) is 23.7 Å². The Morgan fingerprint density at radius 3 is 2.83 bits per heavy atom. The molecule has 2 aliphatic carbocycles. The molecule has 3 fully saturated rings. The average molecular weight is 250 g/mol. The number of carbonyl (C=O) groups is 2. The zero-order valence-corrected chi connectivity index (χ0v) is 10.8. The van der Waals surface area contributed by atoms with E-state index in [9.17, 15) is 9.59 Å². The van der Waals surface area contributed by atoms with Gasteiger partial charge in [0.15, 0.2) is 0 Å². The molecule has 0 aromatic heterocycles. The number of carbonyl (C=O) groups excluding carboxylic acids is 2. The van der Waals surface area contributed by atoms with E-state index in [-0.39, 0.29) is 23.8 Å². The second-order valence-corrected chi connectivity index (χ2v) is 6.06. The van der Waals surface area contributed by atoms with E-state index >= 15 is 0 Å². The van der Waals surface area contributed by atoms with Crippen molar-refractivity contribution >= 4 is 11.9 Å². The maximum atomic E-state index is 11.9. The summed E-state index contributed by atoms with van der Waals surface area (Å²) in [6.07, 6.45) is 1.57. The van der Waals surface area contributed by atoms with Crippen molar-refractivity contribution < 1.29 is 19.1 Å². The van der Waals surface area contributed by atoms with E-state index in [2.05, 4.69) is 13.5 Å². The van der Waals surface area contributed by atoms with E-state index < -0.39 is 5.60 Å². The molecule has 3 rings (SSSR count).